The van der Waals surface area contributed by atoms with Crippen LogP contribution in [0.1, 0.15) is 12.0 Å². The molecule has 0 aromatic heterocycles. The topological polar surface area (TPSA) is 9.23 Å². The SMILES string of the molecule is COc1ccc(/C=C/CCBr)c(F)c1. The van der Waals surface area contributed by atoms with Gasteiger partial charge in [-0.15, -0.1) is 0 Å². The maximum absolute atomic E-state index is 13.3. The van der Waals surface area contributed by atoms with E-state index in [-0.39, 0.29) is 5.82 Å². The number of ether oxygens (including phenoxy) is 1. The van der Waals surface area contributed by atoms with E-state index in [1.165, 1.54) is 13.2 Å². The molecule has 0 radical (unpaired) electrons. The first-order chi connectivity index (χ1) is 6.77. The zero-order valence-corrected chi connectivity index (χ0v) is 9.55. The van der Waals surface area contributed by atoms with E-state index in [0.29, 0.717) is 11.3 Å². The van der Waals surface area contributed by atoms with E-state index in [1.54, 1.807) is 18.2 Å². The predicted octanol–water partition coefficient (Wildman–Crippen LogP) is 3.63. The van der Waals surface area contributed by atoms with Crippen LogP contribution in [0.15, 0.2) is 24.3 Å². The van der Waals surface area contributed by atoms with Crippen molar-refractivity contribution in [3.05, 3.63) is 35.7 Å². The number of hydrogen-bond donors (Lipinski definition) is 0. The number of hydrogen-bond acceptors (Lipinski definition) is 1. The van der Waals surface area contributed by atoms with Gasteiger partial charge in [0.2, 0.25) is 0 Å². The van der Waals surface area contributed by atoms with Gasteiger partial charge in [0.05, 0.1) is 7.11 Å². The third-order valence-electron chi connectivity index (χ3n) is 1.78. The minimum atomic E-state index is -0.254. The molecule has 0 atom stereocenters. The van der Waals surface area contributed by atoms with Crippen molar-refractivity contribution in [2.75, 3.05) is 12.4 Å². The predicted molar refractivity (Wildman–Crippen MR) is 60.4 cm³/mol. The average molecular weight is 259 g/mol. The molecule has 0 heterocycles. The van der Waals surface area contributed by atoms with Gasteiger partial charge in [-0.05, 0) is 18.6 Å². The van der Waals surface area contributed by atoms with Crippen LogP contribution in [-0.4, -0.2) is 12.4 Å². The molecule has 0 amide bonds. The first-order valence-electron chi connectivity index (χ1n) is 4.34. The van der Waals surface area contributed by atoms with E-state index >= 15 is 0 Å². The highest BCUT2D eigenvalue weighted by Crippen LogP contribution is 2.17. The normalized spacial score (nSPS) is 10.8. The van der Waals surface area contributed by atoms with E-state index in [0.717, 1.165) is 11.8 Å². The molecule has 0 N–H and O–H groups in total. The Morgan fingerprint density at radius 3 is 2.86 bits per heavy atom. The van der Waals surface area contributed by atoms with E-state index in [1.807, 2.05) is 6.08 Å². The summed E-state index contributed by atoms with van der Waals surface area (Å²) < 4.78 is 18.2. The van der Waals surface area contributed by atoms with Gasteiger partial charge in [0.1, 0.15) is 11.6 Å². The minimum Gasteiger partial charge on any atom is -0.497 e. The first kappa shape index (κ1) is 11.2. The van der Waals surface area contributed by atoms with Crippen LogP contribution in [0.4, 0.5) is 4.39 Å². The quantitative estimate of drug-likeness (QED) is 0.750. The summed E-state index contributed by atoms with van der Waals surface area (Å²) in [5, 5.41) is 0.890. The summed E-state index contributed by atoms with van der Waals surface area (Å²) in [5.74, 6) is 0.287. The van der Waals surface area contributed by atoms with Gasteiger partial charge in [0.25, 0.3) is 0 Å². The summed E-state index contributed by atoms with van der Waals surface area (Å²) in [4.78, 5) is 0. The molecule has 1 rings (SSSR count). The second kappa shape index (κ2) is 5.81. The Morgan fingerprint density at radius 1 is 1.50 bits per heavy atom. The summed E-state index contributed by atoms with van der Waals surface area (Å²) in [6.07, 6.45) is 4.60. The number of alkyl halides is 1. The lowest BCUT2D eigenvalue weighted by atomic mass is 10.2. The number of benzene rings is 1. The molecule has 0 bridgehead atoms. The van der Waals surface area contributed by atoms with E-state index in [2.05, 4.69) is 15.9 Å². The van der Waals surface area contributed by atoms with Crippen LogP contribution in [0, 0.1) is 5.82 Å². The van der Waals surface area contributed by atoms with Gasteiger partial charge < -0.3 is 4.74 Å². The fourth-order valence-corrected chi connectivity index (χ4v) is 1.31. The van der Waals surface area contributed by atoms with Crippen molar-refractivity contribution in [2.24, 2.45) is 0 Å². The molecule has 14 heavy (non-hydrogen) atoms. The van der Waals surface area contributed by atoms with Crippen LogP contribution in [0.5, 0.6) is 5.75 Å². The smallest absolute Gasteiger partial charge is 0.134 e. The van der Waals surface area contributed by atoms with Crippen LogP contribution in [-0.2, 0) is 0 Å². The molecule has 0 spiro atoms. The molecular weight excluding hydrogens is 247 g/mol. The van der Waals surface area contributed by atoms with Crippen LogP contribution in [0.2, 0.25) is 0 Å². The second-order valence-electron chi connectivity index (χ2n) is 2.77. The lowest BCUT2D eigenvalue weighted by Gasteiger charge is -2.01. The van der Waals surface area contributed by atoms with Gasteiger partial charge in [-0.2, -0.15) is 0 Å². The van der Waals surface area contributed by atoms with Gasteiger partial charge >= 0.3 is 0 Å². The Labute approximate surface area is 91.7 Å². The van der Waals surface area contributed by atoms with Gasteiger partial charge in [-0.25, -0.2) is 4.39 Å². The Balaban J connectivity index is 2.78. The van der Waals surface area contributed by atoms with Gasteiger partial charge in [0.15, 0.2) is 0 Å². The Morgan fingerprint density at radius 2 is 2.29 bits per heavy atom. The van der Waals surface area contributed by atoms with Gasteiger partial charge in [0, 0.05) is 17.0 Å². The fraction of sp³-hybridized carbons (Fsp3) is 0.273. The van der Waals surface area contributed by atoms with E-state index in [4.69, 9.17) is 4.74 Å². The largest absolute Gasteiger partial charge is 0.497 e. The van der Waals surface area contributed by atoms with Crippen LogP contribution in [0.25, 0.3) is 6.08 Å². The summed E-state index contributed by atoms with van der Waals surface area (Å²) in [7, 11) is 1.52. The van der Waals surface area contributed by atoms with E-state index in [9.17, 15) is 4.39 Å². The Bertz CT molecular complexity index is 323. The third kappa shape index (κ3) is 3.14. The average Bonchev–Trinajstić information content (AvgIpc) is 2.20. The monoisotopic (exact) mass is 258 g/mol. The van der Waals surface area contributed by atoms with Gasteiger partial charge in [-0.1, -0.05) is 28.1 Å². The molecule has 1 aromatic carbocycles. The molecule has 0 fully saturated rings. The molecule has 3 heteroatoms. The molecule has 76 valence electrons. The Kier molecular flexibility index (Phi) is 4.66. The summed E-state index contributed by atoms with van der Waals surface area (Å²) >= 11 is 3.30. The van der Waals surface area contributed by atoms with Crippen molar-refractivity contribution in [1.82, 2.24) is 0 Å². The van der Waals surface area contributed by atoms with Crippen molar-refractivity contribution < 1.29 is 9.13 Å². The molecule has 0 aliphatic rings. The summed E-state index contributed by atoms with van der Waals surface area (Å²) in [5.41, 5.74) is 0.590. The van der Waals surface area contributed by atoms with Crippen molar-refractivity contribution in [3.8, 4) is 5.75 Å². The summed E-state index contributed by atoms with van der Waals surface area (Å²) in [6.45, 7) is 0. The van der Waals surface area contributed by atoms with Crippen molar-refractivity contribution >= 4 is 22.0 Å². The number of rotatable bonds is 4. The molecular formula is C11H12BrFO. The zero-order valence-electron chi connectivity index (χ0n) is 7.97. The second-order valence-corrected chi connectivity index (χ2v) is 3.56. The lowest BCUT2D eigenvalue weighted by molar-refractivity contribution is 0.411. The van der Waals surface area contributed by atoms with Crippen molar-refractivity contribution in [2.45, 2.75) is 6.42 Å². The van der Waals surface area contributed by atoms with Crippen LogP contribution < -0.4 is 4.74 Å². The number of halogens is 2. The highest BCUT2D eigenvalue weighted by Gasteiger charge is 1.99. The lowest BCUT2D eigenvalue weighted by Crippen LogP contribution is -1.86. The van der Waals surface area contributed by atoms with Crippen molar-refractivity contribution in [3.63, 3.8) is 0 Å². The maximum atomic E-state index is 13.3. The molecule has 1 aromatic rings. The Hall–Kier alpha value is -0.830. The molecule has 0 saturated heterocycles. The maximum Gasteiger partial charge on any atom is 0.134 e. The standard InChI is InChI=1S/C11H12BrFO/c1-14-10-6-5-9(11(13)8-10)4-2-3-7-12/h2,4-6,8H,3,7H2,1H3/b4-2+. The number of allylic oxidation sites excluding steroid dienone is 1. The molecule has 0 aliphatic carbocycles. The third-order valence-corrected chi connectivity index (χ3v) is 2.24. The van der Waals surface area contributed by atoms with Crippen molar-refractivity contribution in [1.29, 1.82) is 0 Å². The highest BCUT2D eigenvalue weighted by atomic mass is 79.9. The fourth-order valence-electron chi connectivity index (χ4n) is 1.04. The first-order valence-corrected chi connectivity index (χ1v) is 5.46. The molecule has 1 nitrogen and oxygen atoms in total. The van der Waals surface area contributed by atoms with Crippen LogP contribution >= 0.6 is 15.9 Å². The summed E-state index contributed by atoms with van der Waals surface area (Å²) in [6, 6.07) is 4.84. The molecule has 0 aliphatic heterocycles. The minimum absolute atomic E-state index is 0.254. The molecule has 0 unspecified atom stereocenters. The van der Waals surface area contributed by atoms with Crippen LogP contribution in [0.3, 0.4) is 0 Å². The highest BCUT2D eigenvalue weighted by molar-refractivity contribution is 9.09. The number of methoxy groups -OCH3 is 1. The zero-order chi connectivity index (χ0) is 10.4. The van der Waals surface area contributed by atoms with Gasteiger partial charge in [-0.3, -0.25) is 0 Å². The molecule has 0 saturated carbocycles. The van der Waals surface area contributed by atoms with E-state index < -0.39 is 0 Å².